The van der Waals surface area contributed by atoms with Crippen molar-refractivity contribution in [3.05, 3.63) is 28.8 Å². The largest absolute Gasteiger partial charge is 0.508 e. The molecular weight excluding hydrogens is 230 g/mol. The molecule has 72 valence electrons. The predicted octanol–water partition coefficient (Wildman–Crippen LogP) is 1.92. The third kappa shape index (κ3) is 2.03. The van der Waals surface area contributed by atoms with Crippen LogP contribution in [0.1, 0.15) is 16.7 Å². The Labute approximate surface area is 88.7 Å². The minimum atomic E-state index is 0. The summed E-state index contributed by atoms with van der Waals surface area (Å²) in [5.41, 5.74) is 3.59. The number of phenols is 1. The molecule has 2 N–H and O–H groups in total. The maximum atomic E-state index is 9.45. The summed E-state index contributed by atoms with van der Waals surface area (Å²) < 4.78 is 0. The molecule has 2 nitrogen and oxygen atoms in total. The Morgan fingerprint density at radius 1 is 1.31 bits per heavy atom. The molecule has 0 bridgehead atoms. The fourth-order valence-corrected chi connectivity index (χ4v) is 1.64. The average molecular weight is 244 g/mol. The average Bonchev–Trinajstić information content (AvgIpc) is 2.07. The van der Waals surface area contributed by atoms with E-state index in [1.165, 1.54) is 11.1 Å². The molecule has 0 saturated carbocycles. The molecule has 0 spiro atoms. The number of aromatic hydroxyl groups is 1. The number of benzene rings is 1. The number of phenolic OH excluding ortho intramolecular Hbond substituents is 1. The minimum Gasteiger partial charge on any atom is -0.508 e. The number of rotatable bonds is 0. The highest BCUT2D eigenvalue weighted by Gasteiger charge is 2.10. The molecule has 0 aromatic heterocycles. The molecular formula is C10H14BrNO. The van der Waals surface area contributed by atoms with Crippen molar-refractivity contribution in [3.8, 4) is 5.75 Å². The van der Waals surface area contributed by atoms with Crippen LogP contribution in [0.4, 0.5) is 0 Å². The smallest absolute Gasteiger partial charge is 0.118 e. The standard InChI is InChI=1S/C10H13NO.BrH/c1-7-4-9-6-11-3-2-8(9)5-10(7)12;/h4-5,11-12H,2-3,6H2,1H3;1H. The van der Waals surface area contributed by atoms with Gasteiger partial charge in [0.15, 0.2) is 0 Å². The maximum Gasteiger partial charge on any atom is 0.118 e. The Hall–Kier alpha value is -0.540. The number of halogens is 1. The van der Waals surface area contributed by atoms with Gasteiger partial charge in [0.05, 0.1) is 0 Å². The third-order valence-electron chi connectivity index (χ3n) is 2.40. The van der Waals surface area contributed by atoms with Crippen molar-refractivity contribution in [1.29, 1.82) is 0 Å². The third-order valence-corrected chi connectivity index (χ3v) is 2.40. The van der Waals surface area contributed by atoms with E-state index in [1.807, 2.05) is 13.0 Å². The van der Waals surface area contributed by atoms with Crippen LogP contribution in [0.3, 0.4) is 0 Å². The molecule has 0 unspecified atom stereocenters. The van der Waals surface area contributed by atoms with Gasteiger partial charge in [-0.25, -0.2) is 0 Å². The predicted molar refractivity (Wildman–Crippen MR) is 58.6 cm³/mol. The first-order chi connectivity index (χ1) is 5.77. The molecule has 0 saturated heterocycles. The molecule has 0 aliphatic carbocycles. The number of nitrogens with one attached hydrogen (secondary N) is 1. The van der Waals surface area contributed by atoms with Crippen LogP contribution in [-0.4, -0.2) is 11.7 Å². The molecule has 1 aliphatic rings. The molecule has 1 aliphatic heterocycles. The second-order valence-electron chi connectivity index (χ2n) is 3.33. The van der Waals surface area contributed by atoms with Crippen LogP contribution in [0.15, 0.2) is 12.1 Å². The van der Waals surface area contributed by atoms with Gasteiger partial charge in [-0.05, 0) is 42.6 Å². The Bertz CT molecular complexity index is 281. The van der Waals surface area contributed by atoms with Crippen molar-refractivity contribution in [2.75, 3.05) is 6.54 Å². The lowest BCUT2D eigenvalue weighted by molar-refractivity contribution is 0.468. The first kappa shape index (κ1) is 10.5. The van der Waals surface area contributed by atoms with Gasteiger partial charge >= 0.3 is 0 Å². The van der Waals surface area contributed by atoms with Crippen LogP contribution in [0.2, 0.25) is 0 Å². The summed E-state index contributed by atoms with van der Waals surface area (Å²) in [7, 11) is 0. The zero-order valence-corrected chi connectivity index (χ0v) is 9.34. The summed E-state index contributed by atoms with van der Waals surface area (Å²) in [5, 5.41) is 12.8. The Morgan fingerprint density at radius 3 is 2.85 bits per heavy atom. The zero-order valence-electron chi connectivity index (χ0n) is 7.63. The van der Waals surface area contributed by atoms with E-state index in [4.69, 9.17) is 0 Å². The molecule has 1 heterocycles. The molecule has 1 aromatic carbocycles. The van der Waals surface area contributed by atoms with Crippen LogP contribution >= 0.6 is 17.0 Å². The topological polar surface area (TPSA) is 32.3 Å². The Morgan fingerprint density at radius 2 is 2.08 bits per heavy atom. The van der Waals surface area contributed by atoms with E-state index in [-0.39, 0.29) is 17.0 Å². The summed E-state index contributed by atoms with van der Waals surface area (Å²) in [5.74, 6) is 0.427. The van der Waals surface area contributed by atoms with Crippen molar-refractivity contribution in [1.82, 2.24) is 5.32 Å². The Kier molecular flexibility index (Phi) is 3.33. The van der Waals surface area contributed by atoms with E-state index < -0.39 is 0 Å². The summed E-state index contributed by atoms with van der Waals surface area (Å²) in [6.07, 6.45) is 1.03. The van der Waals surface area contributed by atoms with Gasteiger partial charge in [0.1, 0.15) is 5.75 Å². The molecule has 0 radical (unpaired) electrons. The molecule has 0 atom stereocenters. The maximum absolute atomic E-state index is 9.45. The van der Waals surface area contributed by atoms with Gasteiger partial charge in [-0.2, -0.15) is 0 Å². The highest BCUT2D eigenvalue weighted by molar-refractivity contribution is 8.93. The van der Waals surface area contributed by atoms with E-state index in [1.54, 1.807) is 0 Å². The number of aryl methyl sites for hydroxylation is 1. The normalized spacial score (nSPS) is 14.5. The highest BCUT2D eigenvalue weighted by atomic mass is 79.9. The van der Waals surface area contributed by atoms with Gasteiger partial charge in [0, 0.05) is 6.54 Å². The van der Waals surface area contributed by atoms with E-state index in [9.17, 15) is 5.11 Å². The fourth-order valence-electron chi connectivity index (χ4n) is 1.64. The van der Waals surface area contributed by atoms with Crippen LogP contribution in [0.5, 0.6) is 5.75 Å². The van der Waals surface area contributed by atoms with Gasteiger partial charge in [0.25, 0.3) is 0 Å². The van der Waals surface area contributed by atoms with Gasteiger partial charge < -0.3 is 10.4 Å². The van der Waals surface area contributed by atoms with Gasteiger partial charge in [-0.1, -0.05) is 6.07 Å². The van der Waals surface area contributed by atoms with Crippen LogP contribution in [-0.2, 0) is 13.0 Å². The molecule has 2 rings (SSSR count). The highest BCUT2D eigenvalue weighted by Crippen LogP contribution is 2.23. The van der Waals surface area contributed by atoms with E-state index in [0.29, 0.717) is 5.75 Å². The number of hydrogen-bond donors (Lipinski definition) is 2. The van der Waals surface area contributed by atoms with Crippen molar-refractivity contribution in [2.45, 2.75) is 19.9 Å². The molecule has 0 fully saturated rings. The van der Waals surface area contributed by atoms with Gasteiger partial charge in [-0.3, -0.25) is 0 Å². The summed E-state index contributed by atoms with van der Waals surface area (Å²) in [6.45, 7) is 3.90. The summed E-state index contributed by atoms with van der Waals surface area (Å²) in [6, 6.07) is 3.96. The summed E-state index contributed by atoms with van der Waals surface area (Å²) in [4.78, 5) is 0. The van der Waals surface area contributed by atoms with Crippen molar-refractivity contribution in [2.24, 2.45) is 0 Å². The van der Waals surface area contributed by atoms with Crippen LogP contribution in [0.25, 0.3) is 0 Å². The van der Waals surface area contributed by atoms with Crippen molar-refractivity contribution in [3.63, 3.8) is 0 Å². The lowest BCUT2D eigenvalue weighted by Crippen LogP contribution is -2.23. The second kappa shape index (κ2) is 4.11. The SMILES string of the molecule is Br.Cc1cc2c(cc1O)CCNC2. The molecule has 0 amide bonds. The molecule has 1 aromatic rings. The zero-order chi connectivity index (χ0) is 8.55. The molecule has 13 heavy (non-hydrogen) atoms. The summed E-state index contributed by atoms with van der Waals surface area (Å²) >= 11 is 0. The fraction of sp³-hybridized carbons (Fsp3) is 0.400. The van der Waals surface area contributed by atoms with Gasteiger partial charge in [-0.15, -0.1) is 17.0 Å². The molecule has 3 heteroatoms. The first-order valence-corrected chi connectivity index (χ1v) is 4.29. The van der Waals surface area contributed by atoms with Crippen LogP contribution in [0, 0.1) is 6.92 Å². The number of hydrogen-bond acceptors (Lipinski definition) is 2. The minimum absolute atomic E-state index is 0. The van der Waals surface area contributed by atoms with Gasteiger partial charge in [0.2, 0.25) is 0 Å². The lowest BCUT2D eigenvalue weighted by Gasteiger charge is -2.17. The van der Waals surface area contributed by atoms with Crippen molar-refractivity contribution < 1.29 is 5.11 Å². The Balaban J connectivity index is 0.000000845. The monoisotopic (exact) mass is 243 g/mol. The lowest BCUT2D eigenvalue weighted by atomic mass is 9.98. The van der Waals surface area contributed by atoms with E-state index in [2.05, 4.69) is 11.4 Å². The second-order valence-corrected chi connectivity index (χ2v) is 3.33. The van der Waals surface area contributed by atoms with E-state index in [0.717, 1.165) is 25.1 Å². The van der Waals surface area contributed by atoms with Crippen LogP contribution < -0.4 is 5.32 Å². The van der Waals surface area contributed by atoms with Crippen molar-refractivity contribution >= 4 is 17.0 Å². The quantitative estimate of drug-likeness (QED) is 0.730. The first-order valence-electron chi connectivity index (χ1n) is 4.29. The van der Waals surface area contributed by atoms with E-state index >= 15 is 0 Å². The number of fused-ring (bicyclic) bond motifs is 1.